The van der Waals surface area contributed by atoms with Gasteiger partial charge in [0.25, 0.3) is 0 Å². The molecule has 0 bridgehead atoms. The zero-order valence-corrected chi connectivity index (χ0v) is 18.4. The fraction of sp³-hybridized carbons (Fsp3) is 0.652. The Labute approximate surface area is 179 Å². The molecule has 7 nitrogen and oxygen atoms in total. The van der Waals surface area contributed by atoms with Crippen molar-refractivity contribution in [1.82, 2.24) is 15.1 Å². The van der Waals surface area contributed by atoms with Crippen molar-refractivity contribution in [3.8, 4) is 0 Å². The van der Waals surface area contributed by atoms with E-state index in [2.05, 4.69) is 10.2 Å². The predicted octanol–water partition coefficient (Wildman–Crippen LogP) is 3.78. The fourth-order valence-corrected chi connectivity index (χ4v) is 4.14. The summed E-state index contributed by atoms with van der Waals surface area (Å²) >= 11 is 0. The lowest BCUT2D eigenvalue weighted by molar-refractivity contribution is 0.0423. The van der Waals surface area contributed by atoms with Gasteiger partial charge in [-0.25, -0.2) is 9.59 Å². The summed E-state index contributed by atoms with van der Waals surface area (Å²) in [7, 11) is 0. The van der Waals surface area contributed by atoms with E-state index in [1.807, 2.05) is 51.1 Å². The second-order valence-corrected chi connectivity index (χ2v) is 9.21. The second kappa shape index (κ2) is 10.2. The number of nitrogens with zero attached hydrogens (tertiary/aromatic N) is 2. The van der Waals surface area contributed by atoms with Gasteiger partial charge in [-0.15, -0.1) is 0 Å². The number of piperazine rings is 1. The topological polar surface area (TPSA) is 71.1 Å². The molecular formula is C23H35N3O4. The first kappa shape index (κ1) is 22.4. The number of alkyl carbamates (subject to hydrolysis) is 1. The van der Waals surface area contributed by atoms with Crippen molar-refractivity contribution in [2.75, 3.05) is 26.2 Å². The van der Waals surface area contributed by atoms with Gasteiger partial charge in [-0.2, -0.15) is 0 Å². The lowest BCUT2D eigenvalue weighted by atomic mass is 9.90. The summed E-state index contributed by atoms with van der Waals surface area (Å²) in [5.41, 5.74) is 0.532. The summed E-state index contributed by atoms with van der Waals surface area (Å²) in [6.45, 7) is 9.08. The molecular weight excluding hydrogens is 382 g/mol. The molecule has 1 saturated carbocycles. The average Bonchev–Trinajstić information content (AvgIpc) is 2.72. The van der Waals surface area contributed by atoms with Crippen LogP contribution in [0.1, 0.15) is 52.0 Å². The summed E-state index contributed by atoms with van der Waals surface area (Å²) in [5.74, 6) is 0. The number of rotatable bonds is 4. The SMILES string of the molecule is CC(C)(C)OC(=O)N[C@H]1CC[C@@H](N2CCN(C(=O)OCc3ccccc3)CC2)CC1. The molecule has 1 saturated heterocycles. The van der Waals surface area contributed by atoms with Crippen LogP contribution in [0, 0.1) is 0 Å². The van der Waals surface area contributed by atoms with E-state index in [4.69, 9.17) is 9.47 Å². The highest BCUT2D eigenvalue weighted by Crippen LogP contribution is 2.24. The van der Waals surface area contributed by atoms with Gasteiger partial charge in [-0.05, 0) is 52.0 Å². The molecule has 2 fully saturated rings. The quantitative estimate of drug-likeness (QED) is 0.807. The minimum atomic E-state index is -0.469. The first-order valence-electron chi connectivity index (χ1n) is 11.0. The monoisotopic (exact) mass is 417 g/mol. The van der Waals surface area contributed by atoms with Crippen molar-refractivity contribution in [2.45, 2.75) is 70.7 Å². The third-order valence-electron chi connectivity index (χ3n) is 5.71. The molecule has 2 aliphatic rings. The molecule has 1 N–H and O–H groups in total. The van der Waals surface area contributed by atoms with Gasteiger partial charge >= 0.3 is 12.2 Å². The van der Waals surface area contributed by atoms with Crippen molar-refractivity contribution in [1.29, 1.82) is 0 Å². The zero-order valence-electron chi connectivity index (χ0n) is 18.4. The van der Waals surface area contributed by atoms with Crippen molar-refractivity contribution < 1.29 is 19.1 Å². The van der Waals surface area contributed by atoms with Crippen LogP contribution in [0.15, 0.2) is 30.3 Å². The second-order valence-electron chi connectivity index (χ2n) is 9.21. The summed E-state index contributed by atoms with van der Waals surface area (Å²) in [5, 5.41) is 3.00. The van der Waals surface area contributed by atoms with Crippen LogP contribution in [-0.4, -0.2) is 65.9 Å². The largest absolute Gasteiger partial charge is 0.445 e. The van der Waals surface area contributed by atoms with Crippen LogP contribution >= 0.6 is 0 Å². The highest BCUT2D eigenvalue weighted by atomic mass is 16.6. The van der Waals surface area contributed by atoms with E-state index >= 15 is 0 Å². The smallest absolute Gasteiger partial charge is 0.410 e. The number of carbonyl (C=O) groups excluding carboxylic acids is 2. The van der Waals surface area contributed by atoms with Crippen LogP contribution in [0.5, 0.6) is 0 Å². The number of benzene rings is 1. The van der Waals surface area contributed by atoms with E-state index in [1.54, 1.807) is 4.90 Å². The van der Waals surface area contributed by atoms with Crippen LogP contribution in [0.3, 0.4) is 0 Å². The molecule has 3 rings (SSSR count). The maximum absolute atomic E-state index is 12.3. The molecule has 0 radical (unpaired) electrons. The minimum Gasteiger partial charge on any atom is -0.445 e. The molecule has 166 valence electrons. The first-order valence-corrected chi connectivity index (χ1v) is 11.0. The molecule has 1 aliphatic heterocycles. The predicted molar refractivity (Wildman–Crippen MR) is 115 cm³/mol. The highest BCUT2D eigenvalue weighted by molar-refractivity contribution is 5.68. The number of hydrogen-bond donors (Lipinski definition) is 1. The Hall–Kier alpha value is -2.28. The Morgan fingerprint density at radius 2 is 1.63 bits per heavy atom. The lowest BCUT2D eigenvalue weighted by Crippen LogP contribution is -2.53. The zero-order chi connectivity index (χ0) is 21.6. The van der Waals surface area contributed by atoms with E-state index in [1.165, 1.54) is 0 Å². The van der Waals surface area contributed by atoms with E-state index in [0.717, 1.165) is 44.3 Å². The maximum atomic E-state index is 12.3. The van der Waals surface area contributed by atoms with Gasteiger partial charge in [0, 0.05) is 38.3 Å². The van der Waals surface area contributed by atoms with Crippen molar-refractivity contribution in [3.05, 3.63) is 35.9 Å². The van der Waals surface area contributed by atoms with Crippen molar-refractivity contribution in [3.63, 3.8) is 0 Å². The van der Waals surface area contributed by atoms with Gasteiger partial charge < -0.3 is 19.7 Å². The number of hydrogen-bond acceptors (Lipinski definition) is 5. The van der Waals surface area contributed by atoms with Gasteiger partial charge in [-0.3, -0.25) is 4.90 Å². The Kier molecular flexibility index (Phi) is 7.58. The van der Waals surface area contributed by atoms with E-state index < -0.39 is 5.60 Å². The minimum absolute atomic E-state index is 0.186. The standard InChI is InChI=1S/C23H35N3O4/c1-23(2,3)30-21(27)24-19-9-11-20(12-10-19)25-13-15-26(16-14-25)22(28)29-17-18-7-5-4-6-8-18/h4-8,19-20H,9-17H2,1-3H3,(H,24,27)/t19-,20+. The number of ether oxygens (including phenoxy) is 2. The lowest BCUT2D eigenvalue weighted by Gasteiger charge is -2.41. The van der Waals surface area contributed by atoms with Crippen LogP contribution in [-0.2, 0) is 16.1 Å². The van der Waals surface area contributed by atoms with Gasteiger partial charge in [0.05, 0.1) is 0 Å². The van der Waals surface area contributed by atoms with E-state index in [0.29, 0.717) is 25.7 Å². The van der Waals surface area contributed by atoms with Crippen LogP contribution in [0.2, 0.25) is 0 Å². The molecule has 0 spiro atoms. The molecule has 1 aromatic rings. The number of carbonyl (C=O) groups is 2. The number of nitrogens with one attached hydrogen (secondary N) is 1. The van der Waals surface area contributed by atoms with Crippen LogP contribution in [0.25, 0.3) is 0 Å². The van der Waals surface area contributed by atoms with Gasteiger partial charge in [0.1, 0.15) is 12.2 Å². The van der Waals surface area contributed by atoms with Gasteiger partial charge in [0.15, 0.2) is 0 Å². The van der Waals surface area contributed by atoms with Crippen LogP contribution < -0.4 is 5.32 Å². The Balaban J connectivity index is 1.35. The molecule has 7 heteroatoms. The molecule has 1 aromatic carbocycles. The molecule has 0 aromatic heterocycles. The highest BCUT2D eigenvalue weighted by Gasteiger charge is 2.31. The molecule has 1 heterocycles. The molecule has 0 unspecified atom stereocenters. The molecule has 2 amide bonds. The fourth-order valence-electron chi connectivity index (χ4n) is 4.14. The Morgan fingerprint density at radius 1 is 1.00 bits per heavy atom. The normalized spacial score (nSPS) is 23.0. The summed E-state index contributed by atoms with van der Waals surface area (Å²) in [4.78, 5) is 28.6. The average molecular weight is 418 g/mol. The Morgan fingerprint density at radius 3 is 2.23 bits per heavy atom. The third-order valence-corrected chi connectivity index (χ3v) is 5.71. The van der Waals surface area contributed by atoms with E-state index in [9.17, 15) is 9.59 Å². The van der Waals surface area contributed by atoms with Gasteiger partial charge in [0.2, 0.25) is 0 Å². The van der Waals surface area contributed by atoms with E-state index in [-0.39, 0.29) is 18.2 Å². The summed E-state index contributed by atoms with van der Waals surface area (Å²) in [6, 6.07) is 10.5. The first-order chi connectivity index (χ1) is 14.3. The summed E-state index contributed by atoms with van der Waals surface area (Å²) in [6.07, 6.45) is 3.47. The number of amides is 2. The summed E-state index contributed by atoms with van der Waals surface area (Å²) < 4.78 is 10.8. The third kappa shape index (κ3) is 6.90. The van der Waals surface area contributed by atoms with Gasteiger partial charge in [-0.1, -0.05) is 30.3 Å². The van der Waals surface area contributed by atoms with Crippen molar-refractivity contribution in [2.24, 2.45) is 0 Å². The Bertz CT molecular complexity index is 688. The van der Waals surface area contributed by atoms with Crippen LogP contribution in [0.4, 0.5) is 9.59 Å². The molecule has 1 aliphatic carbocycles. The van der Waals surface area contributed by atoms with Crippen molar-refractivity contribution >= 4 is 12.2 Å². The maximum Gasteiger partial charge on any atom is 0.410 e. The molecule has 0 atom stereocenters. The molecule has 30 heavy (non-hydrogen) atoms.